The summed E-state index contributed by atoms with van der Waals surface area (Å²) in [4.78, 5) is 16.9. The van der Waals surface area contributed by atoms with Crippen LogP contribution in [0.25, 0.3) is 0 Å². The van der Waals surface area contributed by atoms with Crippen molar-refractivity contribution in [3.63, 3.8) is 0 Å². The van der Waals surface area contributed by atoms with Crippen LogP contribution < -0.4 is 15.0 Å². The van der Waals surface area contributed by atoms with Crippen molar-refractivity contribution in [2.45, 2.75) is 13.8 Å². The van der Waals surface area contributed by atoms with E-state index in [1.807, 2.05) is 11.0 Å². The number of hydrogen-bond acceptors (Lipinski definition) is 5. The largest absolute Gasteiger partial charge is 0.497 e. The number of aryl methyl sites for hydroxylation is 1. The van der Waals surface area contributed by atoms with Crippen LogP contribution in [0, 0.1) is 25.2 Å². The molecule has 1 aliphatic heterocycles. The maximum absolute atomic E-state index is 12.5. The van der Waals surface area contributed by atoms with Gasteiger partial charge in [0.15, 0.2) is 0 Å². The van der Waals surface area contributed by atoms with E-state index >= 15 is 0 Å². The summed E-state index contributed by atoms with van der Waals surface area (Å²) < 4.78 is 5.11. The smallest absolute Gasteiger partial charge is 0.267 e. The third kappa shape index (κ3) is 4.88. The lowest BCUT2D eigenvalue weighted by Crippen LogP contribution is -2.44. The van der Waals surface area contributed by atoms with Crippen LogP contribution in [0.4, 0.5) is 11.4 Å². The Morgan fingerprint density at radius 2 is 1.79 bits per heavy atom. The van der Waals surface area contributed by atoms with E-state index in [0.717, 1.165) is 26.2 Å². The Balaban J connectivity index is 1.62. The van der Waals surface area contributed by atoms with Crippen molar-refractivity contribution in [2.75, 3.05) is 43.5 Å². The Labute approximate surface area is 172 Å². The predicted octanol–water partition coefficient (Wildman–Crippen LogP) is 3.48. The minimum atomic E-state index is -0.408. The summed E-state index contributed by atoms with van der Waals surface area (Å²) >= 11 is 0. The second kappa shape index (κ2) is 9.16. The highest BCUT2D eigenvalue weighted by molar-refractivity contribution is 6.06. The fraction of sp³-hybridized carbons (Fsp3) is 0.304. The standard InChI is InChI=1S/C23H26N4O2/c1-17-5-4-6-22(18(17)2)27-13-11-26(12-14-27)16-19(15-24)23(28)25-20-7-9-21(29-3)10-8-20/h4-10,16H,11-14H2,1-3H3,(H,25,28). The van der Waals surface area contributed by atoms with Gasteiger partial charge in [0.05, 0.1) is 7.11 Å². The first-order valence-corrected chi connectivity index (χ1v) is 9.64. The maximum Gasteiger partial charge on any atom is 0.267 e. The number of hydrogen-bond donors (Lipinski definition) is 1. The van der Waals surface area contributed by atoms with Crippen molar-refractivity contribution in [3.05, 3.63) is 65.4 Å². The zero-order valence-electron chi connectivity index (χ0n) is 17.1. The third-order valence-corrected chi connectivity index (χ3v) is 5.26. The Kier molecular flexibility index (Phi) is 6.40. The summed E-state index contributed by atoms with van der Waals surface area (Å²) in [6.45, 7) is 7.48. The van der Waals surface area contributed by atoms with Crippen LogP contribution in [-0.2, 0) is 4.79 Å². The second-order valence-corrected chi connectivity index (χ2v) is 7.08. The second-order valence-electron chi connectivity index (χ2n) is 7.08. The number of nitrogens with one attached hydrogen (secondary N) is 1. The fourth-order valence-electron chi connectivity index (χ4n) is 3.36. The van der Waals surface area contributed by atoms with Gasteiger partial charge in [-0.25, -0.2) is 0 Å². The number of benzene rings is 2. The molecule has 0 unspecified atom stereocenters. The molecule has 6 heteroatoms. The summed E-state index contributed by atoms with van der Waals surface area (Å²) in [5, 5.41) is 12.2. The van der Waals surface area contributed by atoms with Gasteiger partial charge in [-0.2, -0.15) is 5.26 Å². The van der Waals surface area contributed by atoms with E-state index in [9.17, 15) is 10.1 Å². The van der Waals surface area contributed by atoms with Gasteiger partial charge in [-0.15, -0.1) is 0 Å². The van der Waals surface area contributed by atoms with E-state index in [1.54, 1.807) is 37.6 Å². The zero-order chi connectivity index (χ0) is 20.8. The molecule has 2 aromatic rings. The number of amides is 1. The molecule has 1 amide bonds. The first kappa shape index (κ1) is 20.3. The van der Waals surface area contributed by atoms with Gasteiger partial charge in [0, 0.05) is 43.8 Å². The topological polar surface area (TPSA) is 68.6 Å². The molecule has 0 atom stereocenters. The van der Waals surface area contributed by atoms with Crippen molar-refractivity contribution in [1.29, 1.82) is 5.26 Å². The van der Waals surface area contributed by atoms with E-state index in [4.69, 9.17) is 4.74 Å². The quantitative estimate of drug-likeness (QED) is 0.625. The fourth-order valence-corrected chi connectivity index (χ4v) is 3.36. The molecule has 0 bridgehead atoms. The molecule has 29 heavy (non-hydrogen) atoms. The highest BCUT2D eigenvalue weighted by atomic mass is 16.5. The van der Waals surface area contributed by atoms with Gasteiger partial charge in [-0.1, -0.05) is 12.1 Å². The molecule has 1 aliphatic rings. The summed E-state index contributed by atoms with van der Waals surface area (Å²) in [6, 6.07) is 15.4. The molecule has 6 nitrogen and oxygen atoms in total. The maximum atomic E-state index is 12.5. The van der Waals surface area contributed by atoms with Crippen molar-refractivity contribution in [2.24, 2.45) is 0 Å². The van der Waals surface area contributed by atoms with Crippen molar-refractivity contribution in [1.82, 2.24) is 4.90 Å². The average molecular weight is 390 g/mol. The van der Waals surface area contributed by atoms with Gasteiger partial charge < -0.3 is 19.9 Å². The van der Waals surface area contributed by atoms with Crippen molar-refractivity contribution < 1.29 is 9.53 Å². The van der Waals surface area contributed by atoms with Gasteiger partial charge in [0.2, 0.25) is 0 Å². The molecule has 0 radical (unpaired) electrons. The van der Waals surface area contributed by atoms with Crippen LogP contribution in [0.5, 0.6) is 5.75 Å². The van der Waals surface area contributed by atoms with Gasteiger partial charge in [-0.05, 0) is 55.3 Å². The van der Waals surface area contributed by atoms with E-state index in [1.165, 1.54) is 16.8 Å². The van der Waals surface area contributed by atoms with Crippen LogP contribution >= 0.6 is 0 Å². The first-order chi connectivity index (χ1) is 14.0. The number of nitriles is 1. The zero-order valence-corrected chi connectivity index (χ0v) is 17.1. The first-order valence-electron chi connectivity index (χ1n) is 9.64. The molecular formula is C23H26N4O2. The molecule has 0 aromatic heterocycles. The summed E-state index contributed by atoms with van der Waals surface area (Å²) in [6.07, 6.45) is 1.67. The van der Waals surface area contributed by atoms with Crippen LogP contribution in [0.15, 0.2) is 54.2 Å². The molecule has 0 aliphatic carbocycles. The summed E-state index contributed by atoms with van der Waals surface area (Å²) in [5.41, 5.74) is 4.56. The number of methoxy groups -OCH3 is 1. The number of piperazine rings is 1. The predicted molar refractivity (Wildman–Crippen MR) is 115 cm³/mol. The van der Waals surface area contributed by atoms with E-state index in [0.29, 0.717) is 11.4 Å². The highest BCUT2D eigenvalue weighted by Crippen LogP contribution is 2.24. The number of carbonyl (C=O) groups excluding carboxylic acids is 1. The monoisotopic (exact) mass is 390 g/mol. The van der Waals surface area contributed by atoms with Gasteiger partial charge >= 0.3 is 0 Å². The normalized spacial score (nSPS) is 14.3. The molecule has 150 valence electrons. The van der Waals surface area contributed by atoms with Gasteiger partial charge in [0.25, 0.3) is 5.91 Å². The molecule has 1 fully saturated rings. The Morgan fingerprint density at radius 3 is 2.41 bits per heavy atom. The number of ether oxygens (including phenoxy) is 1. The Bertz CT molecular complexity index is 936. The molecule has 0 spiro atoms. The number of rotatable bonds is 5. The summed E-state index contributed by atoms with van der Waals surface area (Å²) in [5.74, 6) is 0.301. The molecule has 1 heterocycles. The van der Waals surface area contributed by atoms with E-state index in [2.05, 4.69) is 42.3 Å². The van der Waals surface area contributed by atoms with Gasteiger partial charge in [-0.3, -0.25) is 4.79 Å². The number of anilines is 2. The molecular weight excluding hydrogens is 364 g/mol. The van der Waals surface area contributed by atoms with Gasteiger partial charge in [0.1, 0.15) is 17.4 Å². The van der Waals surface area contributed by atoms with Crippen LogP contribution in [0.2, 0.25) is 0 Å². The lowest BCUT2D eigenvalue weighted by Gasteiger charge is -2.36. The molecule has 1 N–H and O–H groups in total. The minimum absolute atomic E-state index is 0.0982. The number of carbonyl (C=O) groups is 1. The van der Waals surface area contributed by atoms with Crippen LogP contribution in [-0.4, -0.2) is 44.1 Å². The van der Waals surface area contributed by atoms with Crippen molar-refractivity contribution in [3.8, 4) is 11.8 Å². The minimum Gasteiger partial charge on any atom is -0.497 e. The van der Waals surface area contributed by atoms with Crippen molar-refractivity contribution >= 4 is 17.3 Å². The molecule has 3 rings (SSSR count). The van der Waals surface area contributed by atoms with Crippen LogP contribution in [0.3, 0.4) is 0 Å². The third-order valence-electron chi connectivity index (χ3n) is 5.26. The Morgan fingerprint density at radius 1 is 1.10 bits per heavy atom. The number of nitrogens with zero attached hydrogens (tertiary/aromatic N) is 3. The molecule has 0 saturated carbocycles. The summed E-state index contributed by atoms with van der Waals surface area (Å²) in [7, 11) is 1.59. The molecule has 2 aromatic carbocycles. The van der Waals surface area contributed by atoms with E-state index in [-0.39, 0.29) is 5.57 Å². The Hall–Kier alpha value is -3.46. The SMILES string of the molecule is COc1ccc(NC(=O)C(C#N)=CN2CCN(c3cccc(C)c3C)CC2)cc1. The molecule has 1 saturated heterocycles. The highest BCUT2D eigenvalue weighted by Gasteiger charge is 2.19. The average Bonchev–Trinajstić information content (AvgIpc) is 2.75. The lowest BCUT2D eigenvalue weighted by molar-refractivity contribution is -0.112. The van der Waals surface area contributed by atoms with Crippen LogP contribution in [0.1, 0.15) is 11.1 Å². The lowest BCUT2D eigenvalue weighted by atomic mass is 10.1. The van der Waals surface area contributed by atoms with E-state index < -0.39 is 5.91 Å².